The van der Waals surface area contributed by atoms with Gasteiger partial charge >= 0.3 is 6.18 Å². The third kappa shape index (κ3) is 3.17. The van der Waals surface area contributed by atoms with Crippen molar-refractivity contribution in [2.75, 3.05) is 0 Å². The summed E-state index contributed by atoms with van der Waals surface area (Å²) in [4.78, 5) is 0. The molecule has 0 spiro atoms. The quantitative estimate of drug-likeness (QED) is 0.795. The Balaban J connectivity index is 1.86. The molecule has 1 N–H and O–H groups in total. The van der Waals surface area contributed by atoms with Crippen molar-refractivity contribution in [1.29, 1.82) is 0 Å². The fourth-order valence-electron chi connectivity index (χ4n) is 2.66. The van der Waals surface area contributed by atoms with Crippen molar-refractivity contribution in [3.63, 3.8) is 0 Å². The summed E-state index contributed by atoms with van der Waals surface area (Å²) >= 11 is 0. The summed E-state index contributed by atoms with van der Waals surface area (Å²) in [6.07, 6.45) is -1.71. The molecule has 8 heteroatoms. The van der Waals surface area contributed by atoms with Gasteiger partial charge in [0.2, 0.25) is 0 Å². The Morgan fingerprint density at radius 3 is 2.62 bits per heavy atom. The van der Waals surface area contributed by atoms with Crippen molar-refractivity contribution in [2.24, 2.45) is 0 Å². The monoisotopic (exact) mass is 335 g/mol. The normalized spacial score (nSPS) is 11.9. The number of hydrogen-bond acceptors (Lipinski definition) is 3. The summed E-state index contributed by atoms with van der Waals surface area (Å²) in [5, 5.41) is 14.9. The van der Waals surface area contributed by atoms with E-state index in [2.05, 4.69) is 20.4 Å². The Labute approximate surface area is 136 Å². The highest BCUT2D eigenvalue weighted by Gasteiger charge is 2.30. The van der Waals surface area contributed by atoms with Crippen molar-refractivity contribution in [2.45, 2.75) is 32.9 Å². The predicted molar refractivity (Wildman–Crippen MR) is 81.8 cm³/mol. The Kier molecular flexibility index (Phi) is 4.13. The van der Waals surface area contributed by atoms with Crippen molar-refractivity contribution < 1.29 is 13.2 Å². The van der Waals surface area contributed by atoms with Crippen LogP contribution in [0.1, 0.15) is 28.3 Å². The van der Waals surface area contributed by atoms with E-state index in [-0.39, 0.29) is 0 Å². The molecule has 5 nitrogen and oxygen atoms in total. The van der Waals surface area contributed by atoms with E-state index in [1.165, 1.54) is 12.4 Å². The minimum Gasteiger partial charge on any atom is -0.286 e. The van der Waals surface area contributed by atoms with Gasteiger partial charge in [0.15, 0.2) is 0 Å². The van der Waals surface area contributed by atoms with Crippen LogP contribution in [-0.4, -0.2) is 25.0 Å². The van der Waals surface area contributed by atoms with Crippen LogP contribution >= 0.6 is 0 Å². The van der Waals surface area contributed by atoms with E-state index in [1.807, 2.05) is 13.8 Å². The molecular weight excluding hydrogens is 319 g/mol. The zero-order valence-corrected chi connectivity index (χ0v) is 13.2. The highest BCUT2D eigenvalue weighted by molar-refractivity contribution is 5.38. The molecule has 0 aliphatic carbocycles. The standard InChI is InChI=1S/C16H16F3N5/c1-10-14(11(2)22-21-10)6-7-15-23-20-9-24(15)13-5-3-4-12(8-13)16(17,18)19/h3-5,8-9H,6-7H2,1-2H3,(H,21,22). The molecule has 126 valence electrons. The molecule has 3 aromatic rings. The largest absolute Gasteiger partial charge is 0.416 e. The maximum atomic E-state index is 12.9. The first kappa shape index (κ1) is 16.2. The van der Waals surface area contributed by atoms with Crippen LogP contribution in [0.3, 0.4) is 0 Å². The lowest BCUT2D eigenvalue weighted by atomic mass is 10.1. The molecule has 0 aliphatic rings. The Morgan fingerprint density at radius 1 is 1.17 bits per heavy atom. The first-order chi connectivity index (χ1) is 11.4. The van der Waals surface area contributed by atoms with Crippen LogP contribution in [0.5, 0.6) is 0 Å². The van der Waals surface area contributed by atoms with Crippen LogP contribution in [0.4, 0.5) is 13.2 Å². The van der Waals surface area contributed by atoms with Gasteiger partial charge in [-0.3, -0.25) is 9.67 Å². The Morgan fingerprint density at radius 2 is 1.96 bits per heavy atom. The molecule has 0 unspecified atom stereocenters. The van der Waals surface area contributed by atoms with Crippen molar-refractivity contribution in [3.05, 3.63) is 58.9 Å². The topological polar surface area (TPSA) is 59.4 Å². The maximum absolute atomic E-state index is 12.9. The SMILES string of the molecule is Cc1n[nH]c(C)c1CCc1nncn1-c1cccc(C(F)(F)F)c1. The summed E-state index contributed by atoms with van der Waals surface area (Å²) in [5.41, 5.74) is 2.69. The number of H-pyrrole nitrogens is 1. The second-order valence-corrected chi connectivity index (χ2v) is 5.58. The number of aryl methyl sites for hydroxylation is 3. The molecule has 0 fully saturated rings. The van der Waals surface area contributed by atoms with Gasteiger partial charge in [0, 0.05) is 17.8 Å². The molecule has 0 bridgehead atoms. The van der Waals surface area contributed by atoms with Crippen molar-refractivity contribution >= 4 is 0 Å². The number of rotatable bonds is 4. The van der Waals surface area contributed by atoms with Gasteiger partial charge in [-0.2, -0.15) is 18.3 Å². The van der Waals surface area contributed by atoms with Crippen LogP contribution in [0.15, 0.2) is 30.6 Å². The number of nitrogens with zero attached hydrogens (tertiary/aromatic N) is 4. The van der Waals surface area contributed by atoms with Gasteiger partial charge < -0.3 is 0 Å². The van der Waals surface area contributed by atoms with Crippen molar-refractivity contribution in [1.82, 2.24) is 25.0 Å². The minimum atomic E-state index is -4.38. The first-order valence-corrected chi connectivity index (χ1v) is 7.43. The van der Waals surface area contributed by atoms with Gasteiger partial charge in [0.25, 0.3) is 0 Å². The maximum Gasteiger partial charge on any atom is 0.416 e. The lowest BCUT2D eigenvalue weighted by Gasteiger charge is -2.11. The highest BCUT2D eigenvalue weighted by atomic mass is 19.4. The van der Waals surface area contributed by atoms with E-state index in [9.17, 15) is 13.2 Å². The fourth-order valence-corrected chi connectivity index (χ4v) is 2.66. The molecule has 3 rings (SSSR count). The van der Waals surface area contributed by atoms with E-state index < -0.39 is 11.7 Å². The van der Waals surface area contributed by atoms with Gasteiger partial charge in [0.05, 0.1) is 11.3 Å². The number of aromatic amines is 1. The second-order valence-electron chi connectivity index (χ2n) is 5.58. The van der Waals surface area contributed by atoms with Crippen LogP contribution in [0.2, 0.25) is 0 Å². The number of aromatic nitrogens is 5. The number of halogens is 3. The van der Waals surface area contributed by atoms with E-state index in [0.29, 0.717) is 24.4 Å². The van der Waals surface area contributed by atoms with Crippen LogP contribution in [0, 0.1) is 13.8 Å². The number of hydrogen-bond donors (Lipinski definition) is 1. The van der Waals surface area contributed by atoms with Gasteiger partial charge in [-0.25, -0.2) is 0 Å². The molecule has 2 heterocycles. The van der Waals surface area contributed by atoms with E-state index in [4.69, 9.17) is 0 Å². The van der Waals surface area contributed by atoms with Crippen LogP contribution < -0.4 is 0 Å². The van der Waals surface area contributed by atoms with Gasteiger partial charge in [-0.05, 0) is 44.0 Å². The van der Waals surface area contributed by atoms with Crippen LogP contribution in [-0.2, 0) is 19.0 Å². The smallest absolute Gasteiger partial charge is 0.286 e. The van der Waals surface area contributed by atoms with E-state index >= 15 is 0 Å². The molecule has 0 saturated carbocycles. The first-order valence-electron chi connectivity index (χ1n) is 7.43. The van der Waals surface area contributed by atoms with Gasteiger partial charge in [-0.1, -0.05) is 6.07 Å². The molecule has 0 radical (unpaired) electrons. The zero-order valence-electron chi connectivity index (χ0n) is 13.2. The lowest BCUT2D eigenvalue weighted by Crippen LogP contribution is -2.08. The third-order valence-corrected chi connectivity index (χ3v) is 3.95. The predicted octanol–water partition coefficient (Wildman–Crippen LogP) is 3.41. The third-order valence-electron chi connectivity index (χ3n) is 3.95. The molecule has 0 aliphatic heterocycles. The Bertz CT molecular complexity index is 828. The lowest BCUT2D eigenvalue weighted by molar-refractivity contribution is -0.137. The van der Waals surface area contributed by atoms with Gasteiger partial charge in [-0.15, -0.1) is 10.2 Å². The summed E-state index contributed by atoms with van der Waals surface area (Å²) in [6, 6.07) is 5.13. The Hall–Kier alpha value is -2.64. The summed E-state index contributed by atoms with van der Waals surface area (Å²) in [6.45, 7) is 3.85. The van der Waals surface area contributed by atoms with Crippen LogP contribution in [0.25, 0.3) is 5.69 Å². The number of alkyl halides is 3. The minimum absolute atomic E-state index is 0.394. The average Bonchev–Trinajstić information content (AvgIpc) is 3.12. The summed E-state index contributed by atoms with van der Waals surface area (Å²) in [7, 11) is 0. The molecule has 1 aromatic carbocycles. The average molecular weight is 335 g/mol. The molecular formula is C16H16F3N5. The highest BCUT2D eigenvalue weighted by Crippen LogP contribution is 2.30. The molecule has 0 amide bonds. The number of nitrogens with one attached hydrogen (secondary N) is 1. The van der Waals surface area contributed by atoms with Gasteiger partial charge in [0.1, 0.15) is 12.2 Å². The fraction of sp³-hybridized carbons (Fsp3) is 0.312. The molecule has 0 atom stereocenters. The van der Waals surface area contributed by atoms with Crippen molar-refractivity contribution in [3.8, 4) is 5.69 Å². The van der Waals surface area contributed by atoms with E-state index in [1.54, 1.807) is 10.6 Å². The second kappa shape index (κ2) is 6.10. The summed E-state index contributed by atoms with van der Waals surface area (Å²) < 4.78 is 40.2. The summed E-state index contributed by atoms with van der Waals surface area (Å²) in [5.74, 6) is 0.606. The number of benzene rings is 1. The molecule has 0 saturated heterocycles. The molecule has 2 aromatic heterocycles. The molecule has 24 heavy (non-hydrogen) atoms. The van der Waals surface area contributed by atoms with E-state index in [0.717, 1.165) is 29.1 Å². The zero-order chi connectivity index (χ0) is 17.3.